The molecule has 1 atom stereocenters. The van der Waals surface area contributed by atoms with Crippen molar-refractivity contribution >= 4 is 33.4 Å². The molecule has 176 valence electrons. The number of hydrogen-bond acceptors (Lipinski definition) is 5. The molecule has 3 rings (SSSR count). The number of carbonyl (C=O) groups excluding carboxylic acids is 2. The van der Waals surface area contributed by atoms with Crippen molar-refractivity contribution < 1.29 is 19.4 Å². The van der Waals surface area contributed by atoms with Crippen LogP contribution >= 0.6 is 15.9 Å². The average molecular weight is 515 g/mol. The molecule has 2 aromatic rings. The maximum atomic E-state index is 13.1. The van der Waals surface area contributed by atoms with Crippen molar-refractivity contribution in [2.75, 3.05) is 33.8 Å². The minimum absolute atomic E-state index is 0.110. The van der Waals surface area contributed by atoms with Crippen LogP contribution in [0.1, 0.15) is 37.4 Å². The first-order valence-electron chi connectivity index (χ1n) is 11.1. The molecule has 1 fully saturated rings. The Morgan fingerprint density at radius 1 is 1.15 bits per heavy atom. The third kappa shape index (κ3) is 6.03. The van der Waals surface area contributed by atoms with Crippen LogP contribution in [-0.2, 0) is 9.59 Å². The summed E-state index contributed by atoms with van der Waals surface area (Å²) in [4.78, 5) is 29.7. The standard InChI is InChI=1S/C26H31BrN2O4/c1-17(2)16-33-21-11-9-18(10-12-21)24(30)22-23(19-7-5-8-20(27)15-19)29(26(32)25(22)31)14-6-13-28(3)4/h5,7-12,15,17,23,30H,6,13-14,16H2,1-4H3/b24-22+. The monoisotopic (exact) mass is 514 g/mol. The number of rotatable bonds is 9. The number of ketones is 1. The van der Waals surface area contributed by atoms with Crippen molar-refractivity contribution in [3.05, 3.63) is 69.7 Å². The second kappa shape index (κ2) is 11.0. The summed E-state index contributed by atoms with van der Waals surface area (Å²) in [7, 11) is 3.93. The number of aliphatic hydroxyl groups excluding tert-OH is 1. The normalized spacial score (nSPS) is 17.9. The predicted molar refractivity (Wildman–Crippen MR) is 133 cm³/mol. The summed E-state index contributed by atoms with van der Waals surface area (Å²) in [5, 5.41) is 11.2. The van der Waals surface area contributed by atoms with Crippen LogP contribution in [0.4, 0.5) is 0 Å². The fraction of sp³-hybridized carbons (Fsp3) is 0.385. The lowest BCUT2D eigenvalue weighted by molar-refractivity contribution is -0.139. The molecule has 0 radical (unpaired) electrons. The minimum Gasteiger partial charge on any atom is -0.507 e. The third-order valence-corrected chi connectivity index (χ3v) is 5.91. The van der Waals surface area contributed by atoms with E-state index < -0.39 is 17.7 Å². The van der Waals surface area contributed by atoms with Crippen LogP contribution in [0.15, 0.2) is 58.6 Å². The fourth-order valence-corrected chi connectivity index (χ4v) is 4.24. The van der Waals surface area contributed by atoms with E-state index in [1.54, 1.807) is 29.2 Å². The van der Waals surface area contributed by atoms with Gasteiger partial charge in [-0.3, -0.25) is 9.59 Å². The van der Waals surface area contributed by atoms with Gasteiger partial charge in [-0.25, -0.2) is 0 Å². The lowest BCUT2D eigenvalue weighted by atomic mass is 9.95. The molecule has 6 nitrogen and oxygen atoms in total. The van der Waals surface area contributed by atoms with Crippen LogP contribution in [0.5, 0.6) is 5.75 Å². The maximum Gasteiger partial charge on any atom is 0.295 e. The molecule has 0 bridgehead atoms. The Morgan fingerprint density at radius 3 is 2.45 bits per heavy atom. The molecule has 1 aliphatic heterocycles. The molecule has 33 heavy (non-hydrogen) atoms. The Labute approximate surface area is 204 Å². The van der Waals surface area contributed by atoms with Gasteiger partial charge in [-0.15, -0.1) is 0 Å². The van der Waals surface area contributed by atoms with Gasteiger partial charge < -0.3 is 19.6 Å². The number of halogens is 1. The van der Waals surface area contributed by atoms with Crippen molar-refractivity contribution in [1.29, 1.82) is 0 Å². The van der Waals surface area contributed by atoms with Gasteiger partial charge in [0.15, 0.2) is 0 Å². The second-order valence-corrected chi connectivity index (χ2v) is 9.85. The number of carbonyl (C=O) groups is 2. The summed E-state index contributed by atoms with van der Waals surface area (Å²) >= 11 is 3.48. The Balaban J connectivity index is 2.00. The number of amides is 1. The number of nitrogens with zero attached hydrogens (tertiary/aromatic N) is 2. The summed E-state index contributed by atoms with van der Waals surface area (Å²) in [6, 6.07) is 13.8. The molecular formula is C26H31BrN2O4. The van der Waals surface area contributed by atoms with Crippen molar-refractivity contribution in [1.82, 2.24) is 9.80 Å². The van der Waals surface area contributed by atoms with Crippen molar-refractivity contribution in [3.63, 3.8) is 0 Å². The van der Waals surface area contributed by atoms with Crippen LogP contribution in [0, 0.1) is 5.92 Å². The fourth-order valence-electron chi connectivity index (χ4n) is 3.82. The van der Waals surface area contributed by atoms with E-state index in [9.17, 15) is 14.7 Å². The van der Waals surface area contributed by atoms with Crippen molar-refractivity contribution in [2.45, 2.75) is 26.3 Å². The molecule has 2 aromatic carbocycles. The zero-order valence-electron chi connectivity index (χ0n) is 19.5. The maximum absolute atomic E-state index is 13.1. The Bertz CT molecular complexity index is 1030. The number of ether oxygens (including phenoxy) is 1. The van der Waals surface area contributed by atoms with Gasteiger partial charge in [0.25, 0.3) is 11.7 Å². The van der Waals surface area contributed by atoms with Crippen LogP contribution in [0.25, 0.3) is 5.76 Å². The van der Waals surface area contributed by atoms with Gasteiger partial charge in [0.2, 0.25) is 0 Å². The molecule has 0 spiro atoms. The van der Waals surface area contributed by atoms with Gasteiger partial charge in [-0.2, -0.15) is 0 Å². The van der Waals surface area contributed by atoms with Gasteiger partial charge >= 0.3 is 0 Å². The highest BCUT2D eigenvalue weighted by Crippen LogP contribution is 2.40. The number of aliphatic hydroxyl groups is 1. The first kappa shape index (κ1) is 25.0. The molecule has 0 aromatic heterocycles. The highest BCUT2D eigenvalue weighted by atomic mass is 79.9. The zero-order valence-corrected chi connectivity index (χ0v) is 21.1. The van der Waals surface area contributed by atoms with E-state index in [-0.39, 0.29) is 11.3 Å². The quantitative estimate of drug-likeness (QED) is 0.294. The van der Waals surface area contributed by atoms with Gasteiger partial charge in [0.1, 0.15) is 11.5 Å². The average Bonchev–Trinajstić information content (AvgIpc) is 3.02. The molecular weight excluding hydrogens is 484 g/mol. The summed E-state index contributed by atoms with van der Waals surface area (Å²) in [5.74, 6) is -0.344. The number of likely N-dealkylation sites (tertiary alicyclic amines) is 1. The molecule has 1 unspecified atom stereocenters. The lowest BCUT2D eigenvalue weighted by Gasteiger charge is -2.26. The SMILES string of the molecule is CC(C)COc1ccc(/C(O)=C2\C(=O)C(=O)N(CCCN(C)C)C2c2cccc(Br)c2)cc1. The largest absolute Gasteiger partial charge is 0.507 e. The Kier molecular flexibility index (Phi) is 8.32. The zero-order chi connectivity index (χ0) is 24.1. The molecule has 0 saturated carbocycles. The molecule has 0 aliphatic carbocycles. The number of Topliss-reactive ketones (excluding diaryl/α,β-unsaturated/α-hetero) is 1. The van der Waals surface area contributed by atoms with Crippen LogP contribution in [-0.4, -0.2) is 60.4 Å². The molecule has 1 heterocycles. The molecule has 1 aliphatic rings. The molecule has 1 saturated heterocycles. The van der Waals surface area contributed by atoms with E-state index >= 15 is 0 Å². The summed E-state index contributed by atoms with van der Waals surface area (Å²) in [6.07, 6.45) is 0.715. The van der Waals surface area contributed by atoms with E-state index in [1.165, 1.54) is 0 Å². The van der Waals surface area contributed by atoms with Crippen molar-refractivity contribution in [2.24, 2.45) is 5.92 Å². The minimum atomic E-state index is -0.664. The van der Waals surface area contributed by atoms with E-state index in [1.807, 2.05) is 43.3 Å². The van der Waals surface area contributed by atoms with E-state index in [2.05, 4.69) is 29.8 Å². The van der Waals surface area contributed by atoms with E-state index in [0.29, 0.717) is 36.8 Å². The highest BCUT2D eigenvalue weighted by molar-refractivity contribution is 9.10. The van der Waals surface area contributed by atoms with Crippen LogP contribution in [0.3, 0.4) is 0 Å². The summed E-state index contributed by atoms with van der Waals surface area (Å²) in [5.41, 5.74) is 1.35. The smallest absolute Gasteiger partial charge is 0.295 e. The van der Waals surface area contributed by atoms with Gasteiger partial charge in [0, 0.05) is 16.6 Å². The van der Waals surface area contributed by atoms with Gasteiger partial charge in [-0.05, 0) is 74.9 Å². The topological polar surface area (TPSA) is 70.1 Å². The van der Waals surface area contributed by atoms with E-state index in [0.717, 1.165) is 16.6 Å². The van der Waals surface area contributed by atoms with Crippen molar-refractivity contribution in [3.8, 4) is 5.75 Å². The second-order valence-electron chi connectivity index (χ2n) is 8.93. The first-order valence-corrected chi connectivity index (χ1v) is 11.9. The van der Waals surface area contributed by atoms with Gasteiger partial charge in [-0.1, -0.05) is 41.9 Å². The van der Waals surface area contributed by atoms with Gasteiger partial charge in [0.05, 0.1) is 18.2 Å². The predicted octanol–water partition coefficient (Wildman–Crippen LogP) is 4.86. The number of benzene rings is 2. The molecule has 7 heteroatoms. The number of hydrogen-bond donors (Lipinski definition) is 1. The molecule has 1 amide bonds. The van der Waals surface area contributed by atoms with Crippen LogP contribution in [0.2, 0.25) is 0 Å². The highest BCUT2D eigenvalue weighted by Gasteiger charge is 2.45. The van der Waals surface area contributed by atoms with Crippen LogP contribution < -0.4 is 4.74 Å². The Hall–Kier alpha value is -2.64. The first-order chi connectivity index (χ1) is 15.7. The summed E-state index contributed by atoms with van der Waals surface area (Å²) in [6.45, 7) is 5.93. The summed E-state index contributed by atoms with van der Waals surface area (Å²) < 4.78 is 6.55. The molecule has 1 N–H and O–H groups in total. The third-order valence-electron chi connectivity index (χ3n) is 5.42. The Morgan fingerprint density at radius 2 is 1.85 bits per heavy atom. The lowest BCUT2D eigenvalue weighted by Crippen LogP contribution is -2.32. The van der Waals surface area contributed by atoms with E-state index in [4.69, 9.17) is 4.74 Å².